The van der Waals surface area contributed by atoms with Crippen LogP contribution in [0.2, 0.25) is 0 Å². The van der Waals surface area contributed by atoms with Gasteiger partial charge in [0, 0.05) is 31.2 Å². The van der Waals surface area contributed by atoms with Crippen molar-refractivity contribution in [3.63, 3.8) is 0 Å². The summed E-state index contributed by atoms with van der Waals surface area (Å²) in [5.74, 6) is -0.783. The number of rotatable bonds is 3. The van der Waals surface area contributed by atoms with Gasteiger partial charge in [-0.25, -0.2) is 0 Å². The number of carbonyl (C=O) groups is 2. The molecule has 24 heavy (non-hydrogen) atoms. The molecule has 9 heteroatoms. The zero-order valence-corrected chi connectivity index (χ0v) is 13.8. The predicted molar refractivity (Wildman–Crippen MR) is 85.1 cm³/mol. The van der Waals surface area contributed by atoms with Crippen LogP contribution in [-0.2, 0) is 11.0 Å². The normalized spacial score (nSPS) is 17.8. The van der Waals surface area contributed by atoms with Crippen molar-refractivity contribution in [3.8, 4) is 0 Å². The molecule has 2 N–H and O–H groups in total. The Kier molecular flexibility index (Phi) is 7.04. The number of nitrogens with zero attached hydrogens (tertiary/aromatic N) is 1. The van der Waals surface area contributed by atoms with Gasteiger partial charge in [-0.05, 0) is 31.2 Å². The van der Waals surface area contributed by atoms with Crippen LogP contribution in [0.25, 0.3) is 0 Å². The molecule has 2 amide bonds. The van der Waals surface area contributed by atoms with Gasteiger partial charge < -0.3 is 15.5 Å². The Morgan fingerprint density at radius 1 is 1.29 bits per heavy atom. The van der Waals surface area contributed by atoms with Crippen LogP contribution in [0, 0.1) is 0 Å². The number of alkyl halides is 3. The van der Waals surface area contributed by atoms with E-state index in [0.29, 0.717) is 19.6 Å². The summed E-state index contributed by atoms with van der Waals surface area (Å²) >= 11 is 0. The van der Waals surface area contributed by atoms with Gasteiger partial charge in [0.05, 0.1) is 12.1 Å². The van der Waals surface area contributed by atoms with E-state index >= 15 is 0 Å². The van der Waals surface area contributed by atoms with Gasteiger partial charge in [-0.1, -0.05) is 0 Å². The van der Waals surface area contributed by atoms with Crippen LogP contribution >= 0.6 is 12.4 Å². The average molecular weight is 366 g/mol. The molecule has 0 aliphatic carbocycles. The Morgan fingerprint density at radius 3 is 2.46 bits per heavy atom. The molecule has 0 spiro atoms. The fourth-order valence-corrected chi connectivity index (χ4v) is 2.38. The molecule has 1 aromatic rings. The van der Waals surface area contributed by atoms with E-state index in [-0.39, 0.29) is 36.5 Å². The van der Waals surface area contributed by atoms with Crippen molar-refractivity contribution in [2.75, 3.05) is 26.2 Å². The quantitative estimate of drug-likeness (QED) is 0.856. The van der Waals surface area contributed by atoms with Crippen molar-refractivity contribution in [3.05, 3.63) is 35.4 Å². The van der Waals surface area contributed by atoms with Gasteiger partial charge in [-0.2, -0.15) is 13.2 Å². The molecule has 1 fully saturated rings. The van der Waals surface area contributed by atoms with Gasteiger partial charge >= 0.3 is 6.18 Å². The second-order valence-corrected chi connectivity index (χ2v) is 5.40. The van der Waals surface area contributed by atoms with E-state index in [0.717, 1.165) is 24.3 Å². The average Bonchev–Trinajstić information content (AvgIpc) is 2.52. The van der Waals surface area contributed by atoms with E-state index in [1.54, 1.807) is 4.90 Å². The lowest BCUT2D eigenvalue weighted by molar-refractivity contribution is -0.137. The lowest BCUT2D eigenvalue weighted by Crippen LogP contribution is -2.54. The first-order valence-electron chi connectivity index (χ1n) is 7.24. The van der Waals surface area contributed by atoms with Crippen LogP contribution in [0.3, 0.4) is 0 Å². The second kappa shape index (κ2) is 8.34. The molecular formula is C15H19ClF3N3O2. The number of hydrogen-bond donors (Lipinski definition) is 2. The monoisotopic (exact) mass is 365 g/mol. The first kappa shape index (κ1) is 20.2. The Balaban J connectivity index is 0.00000288. The van der Waals surface area contributed by atoms with Crippen LogP contribution in [0.15, 0.2) is 24.3 Å². The van der Waals surface area contributed by atoms with E-state index in [4.69, 9.17) is 0 Å². The summed E-state index contributed by atoms with van der Waals surface area (Å²) in [7, 11) is 0. The van der Waals surface area contributed by atoms with Crippen molar-refractivity contribution in [1.82, 2.24) is 15.5 Å². The molecular weight excluding hydrogens is 347 g/mol. The van der Waals surface area contributed by atoms with E-state index in [1.165, 1.54) is 0 Å². The maximum atomic E-state index is 12.5. The summed E-state index contributed by atoms with van der Waals surface area (Å²) in [5.41, 5.74) is -0.737. The molecule has 1 heterocycles. The standard InChI is InChI=1S/C15H18F3N3O2.ClH/c1-10-8-19-6-7-21(10)13(22)9-20-14(23)11-2-4-12(5-3-11)15(16,17)18;/h2-5,10,19H,6-9H2,1H3,(H,20,23);1H/t10-;/m1./s1. The molecule has 1 aromatic carbocycles. The van der Waals surface area contributed by atoms with Crippen LogP contribution in [0.4, 0.5) is 13.2 Å². The van der Waals surface area contributed by atoms with Crippen LogP contribution in [0.1, 0.15) is 22.8 Å². The van der Waals surface area contributed by atoms with E-state index in [2.05, 4.69) is 10.6 Å². The van der Waals surface area contributed by atoms with E-state index in [9.17, 15) is 22.8 Å². The Bertz CT molecular complexity index is 578. The van der Waals surface area contributed by atoms with E-state index < -0.39 is 17.6 Å². The Hall–Kier alpha value is -1.80. The van der Waals surface area contributed by atoms with Crippen LogP contribution < -0.4 is 10.6 Å². The predicted octanol–water partition coefficient (Wildman–Crippen LogP) is 1.68. The van der Waals surface area contributed by atoms with Crippen molar-refractivity contribution >= 4 is 24.2 Å². The summed E-state index contributed by atoms with van der Waals surface area (Å²) in [6, 6.07) is 3.91. The van der Waals surface area contributed by atoms with Crippen LogP contribution in [0.5, 0.6) is 0 Å². The van der Waals surface area contributed by atoms with Crippen molar-refractivity contribution in [1.29, 1.82) is 0 Å². The number of hydrogen-bond acceptors (Lipinski definition) is 3. The molecule has 134 valence electrons. The minimum atomic E-state index is -4.44. The Morgan fingerprint density at radius 2 is 1.92 bits per heavy atom. The molecule has 1 saturated heterocycles. The van der Waals surface area contributed by atoms with Gasteiger partial charge in [0.15, 0.2) is 0 Å². The molecule has 1 aliphatic rings. The minimum Gasteiger partial charge on any atom is -0.343 e. The number of halogens is 4. The third kappa shape index (κ3) is 5.10. The number of piperazine rings is 1. The zero-order chi connectivity index (χ0) is 17.0. The summed E-state index contributed by atoms with van der Waals surface area (Å²) in [4.78, 5) is 25.6. The van der Waals surface area contributed by atoms with Gasteiger partial charge in [0.2, 0.25) is 5.91 Å². The third-order valence-corrected chi connectivity index (χ3v) is 3.70. The second-order valence-electron chi connectivity index (χ2n) is 5.40. The molecule has 0 radical (unpaired) electrons. The lowest BCUT2D eigenvalue weighted by atomic mass is 10.1. The van der Waals surface area contributed by atoms with Gasteiger partial charge in [-0.3, -0.25) is 9.59 Å². The maximum absolute atomic E-state index is 12.5. The Labute approximate surface area is 144 Å². The number of nitrogens with one attached hydrogen (secondary N) is 2. The highest BCUT2D eigenvalue weighted by Crippen LogP contribution is 2.29. The summed E-state index contributed by atoms with van der Waals surface area (Å²) in [6.45, 7) is 3.68. The van der Waals surface area contributed by atoms with E-state index in [1.807, 2.05) is 6.92 Å². The van der Waals surface area contributed by atoms with Gasteiger partial charge in [0.1, 0.15) is 0 Å². The zero-order valence-electron chi connectivity index (χ0n) is 13.0. The number of benzene rings is 1. The highest BCUT2D eigenvalue weighted by Gasteiger charge is 2.30. The molecule has 0 bridgehead atoms. The molecule has 0 unspecified atom stereocenters. The molecule has 1 aliphatic heterocycles. The summed E-state index contributed by atoms with van der Waals surface area (Å²) < 4.78 is 37.4. The fraction of sp³-hybridized carbons (Fsp3) is 0.467. The number of carbonyl (C=O) groups excluding carboxylic acids is 2. The molecule has 0 aromatic heterocycles. The highest BCUT2D eigenvalue weighted by molar-refractivity contribution is 5.96. The minimum absolute atomic E-state index is 0. The molecule has 1 atom stereocenters. The number of amides is 2. The van der Waals surface area contributed by atoms with Crippen LogP contribution in [-0.4, -0.2) is 48.9 Å². The van der Waals surface area contributed by atoms with Crippen molar-refractivity contribution < 1.29 is 22.8 Å². The van der Waals surface area contributed by atoms with Gasteiger partial charge in [0.25, 0.3) is 5.91 Å². The first-order valence-corrected chi connectivity index (χ1v) is 7.24. The molecule has 2 rings (SSSR count). The summed E-state index contributed by atoms with van der Waals surface area (Å²) in [5, 5.41) is 5.60. The third-order valence-electron chi connectivity index (χ3n) is 3.70. The SMILES string of the molecule is C[C@@H]1CNCCN1C(=O)CNC(=O)c1ccc(C(F)(F)F)cc1.Cl. The first-order chi connectivity index (χ1) is 10.8. The topological polar surface area (TPSA) is 61.4 Å². The maximum Gasteiger partial charge on any atom is 0.416 e. The molecule has 0 saturated carbocycles. The fourth-order valence-electron chi connectivity index (χ4n) is 2.38. The van der Waals surface area contributed by atoms with Crippen molar-refractivity contribution in [2.45, 2.75) is 19.1 Å². The van der Waals surface area contributed by atoms with Gasteiger partial charge in [-0.15, -0.1) is 12.4 Å². The highest BCUT2D eigenvalue weighted by atomic mass is 35.5. The summed E-state index contributed by atoms with van der Waals surface area (Å²) in [6.07, 6.45) is -4.44. The van der Waals surface area contributed by atoms with Crippen molar-refractivity contribution in [2.24, 2.45) is 0 Å². The lowest BCUT2D eigenvalue weighted by Gasteiger charge is -2.34. The largest absolute Gasteiger partial charge is 0.416 e. The smallest absolute Gasteiger partial charge is 0.343 e. The molecule has 5 nitrogen and oxygen atoms in total.